The first kappa shape index (κ1) is 29.0. The molecule has 0 unspecified atom stereocenters. The van der Waals surface area contributed by atoms with Gasteiger partial charge in [0.25, 0.3) is 0 Å². The molecule has 1 aromatic rings. The normalized spacial score (nSPS) is 19.8. The molecular formula is C24H34N2O10. The fraction of sp³-hybridized carbons (Fsp3) is 0.583. The van der Waals surface area contributed by atoms with Gasteiger partial charge in [0, 0.05) is 32.9 Å². The van der Waals surface area contributed by atoms with Crippen LogP contribution in [0, 0.1) is 5.41 Å². The lowest BCUT2D eigenvalue weighted by molar-refractivity contribution is -0.195. The maximum atomic E-state index is 12.5. The molecule has 1 saturated heterocycles. The Morgan fingerprint density at radius 3 is 2.50 bits per heavy atom. The number of esters is 1. The van der Waals surface area contributed by atoms with Crippen LogP contribution < -0.4 is 15.4 Å². The van der Waals surface area contributed by atoms with Crippen LogP contribution in [-0.2, 0) is 40.0 Å². The summed E-state index contributed by atoms with van der Waals surface area (Å²) in [7, 11) is 1.38. The Morgan fingerprint density at radius 2 is 1.86 bits per heavy atom. The van der Waals surface area contributed by atoms with Crippen LogP contribution in [0.25, 0.3) is 0 Å². The van der Waals surface area contributed by atoms with Crippen LogP contribution in [0.2, 0.25) is 0 Å². The summed E-state index contributed by atoms with van der Waals surface area (Å²) >= 11 is 0. The highest BCUT2D eigenvalue weighted by molar-refractivity contribution is 5.92. The number of carboxylic acids is 1. The van der Waals surface area contributed by atoms with Crippen molar-refractivity contribution in [1.82, 2.24) is 5.32 Å². The largest absolute Gasteiger partial charge is 0.479 e. The number of nitrogens with one attached hydrogen (secondary N) is 2. The molecular weight excluding hydrogens is 476 g/mol. The minimum Gasteiger partial charge on any atom is -0.479 e. The predicted molar refractivity (Wildman–Crippen MR) is 126 cm³/mol. The molecule has 3 atom stereocenters. The molecule has 12 heteroatoms. The van der Waals surface area contributed by atoms with E-state index < -0.39 is 41.8 Å². The Kier molecular flexibility index (Phi) is 10.6. The highest BCUT2D eigenvalue weighted by Gasteiger charge is 2.34. The second kappa shape index (κ2) is 13.2. The lowest BCUT2D eigenvalue weighted by Crippen LogP contribution is -2.42. The first-order chi connectivity index (χ1) is 16.9. The molecule has 1 heterocycles. The van der Waals surface area contributed by atoms with E-state index >= 15 is 0 Å². The van der Waals surface area contributed by atoms with Gasteiger partial charge in [-0.3, -0.25) is 14.4 Å². The van der Waals surface area contributed by atoms with Crippen LogP contribution in [0.4, 0.5) is 5.69 Å². The SMILES string of the molecule is COCC(=O)NCCC(=O)Nc1cc(COC(=O)C(C)(C)C)ccc1O[C@H]1C[C@@H](O)C[C@@H](C(=O)O)O1. The van der Waals surface area contributed by atoms with E-state index in [0.29, 0.717) is 5.56 Å². The van der Waals surface area contributed by atoms with Gasteiger partial charge in [-0.1, -0.05) is 6.07 Å². The summed E-state index contributed by atoms with van der Waals surface area (Å²) in [5, 5.41) is 24.5. The Labute approximate surface area is 209 Å². The number of anilines is 1. The van der Waals surface area contributed by atoms with Crippen LogP contribution in [0.15, 0.2) is 18.2 Å². The minimum atomic E-state index is -1.23. The number of ether oxygens (including phenoxy) is 4. The number of hydrogen-bond acceptors (Lipinski definition) is 9. The standard InChI is InChI=1S/C24H34N2O10/c1-24(2,3)23(32)34-12-14-5-6-17(35-21-11-15(27)10-18(36-21)22(30)31)16(9-14)26-19(28)7-8-25-20(29)13-33-4/h5-6,9,15,18,21,27H,7-8,10-13H2,1-4H3,(H,25,29)(H,26,28)(H,30,31)/t15-,18-,21+/m0/s1. The predicted octanol–water partition coefficient (Wildman–Crippen LogP) is 1.20. The molecule has 4 N–H and O–H groups in total. The minimum absolute atomic E-state index is 0.0354. The molecule has 1 aliphatic rings. The summed E-state index contributed by atoms with van der Waals surface area (Å²) in [6.07, 6.45) is -3.31. The summed E-state index contributed by atoms with van der Waals surface area (Å²) in [5.74, 6) is -2.25. The number of aliphatic hydroxyl groups excluding tert-OH is 1. The number of carbonyl (C=O) groups is 4. The lowest BCUT2D eigenvalue weighted by Gasteiger charge is -2.31. The monoisotopic (exact) mass is 510 g/mol. The second-order valence-electron chi connectivity index (χ2n) is 9.37. The number of amides is 2. The van der Waals surface area contributed by atoms with E-state index in [1.165, 1.54) is 13.2 Å². The number of methoxy groups -OCH3 is 1. The number of rotatable bonds is 11. The van der Waals surface area contributed by atoms with Gasteiger partial charge in [-0.05, 0) is 38.5 Å². The zero-order chi connectivity index (χ0) is 26.9. The van der Waals surface area contributed by atoms with Gasteiger partial charge in [-0.25, -0.2) is 4.79 Å². The molecule has 0 aliphatic carbocycles. The van der Waals surface area contributed by atoms with E-state index in [4.69, 9.17) is 18.9 Å². The van der Waals surface area contributed by atoms with Crippen molar-refractivity contribution in [2.75, 3.05) is 25.6 Å². The van der Waals surface area contributed by atoms with Crippen LogP contribution in [0.3, 0.4) is 0 Å². The summed E-state index contributed by atoms with van der Waals surface area (Å²) < 4.78 is 21.3. The maximum Gasteiger partial charge on any atom is 0.333 e. The van der Waals surface area contributed by atoms with Crippen molar-refractivity contribution in [3.05, 3.63) is 23.8 Å². The van der Waals surface area contributed by atoms with Crippen molar-refractivity contribution in [3.8, 4) is 5.75 Å². The Morgan fingerprint density at radius 1 is 1.14 bits per heavy atom. The number of hydrogen-bond donors (Lipinski definition) is 4. The third-order valence-electron chi connectivity index (χ3n) is 5.05. The molecule has 0 spiro atoms. The van der Waals surface area contributed by atoms with Crippen molar-refractivity contribution >= 4 is 29.4 Å². The molecule has 200 valence electrons. The highest BCUT2D eigenvalue weighted by Crippen LogP contribution is 2.31. The summed E-state index contributed by atoms with van der Waals surface area (Å²) in [6, 6.07) is 4.71. The second-order valence-corrected chi connectivity index (χ2v) is 9.37. The van der Waals surface area contributed by atoms with Gasteiger partial charge in [-0.2, -0.15) is 0 Å². The smallest absolute Gasteiger partial charge is 0.333 e. The fourth-order valence-electron chi connectivity index (χ4n) is 3.18. The van der Waals surface area contributed by atoms with Gasteiger partial charge in [-0.15, -0.1) is 0 Å². The first-order valence-electron chi connectivity index (χ1n) is 11.5. The van der Waals surface area contributed by atoms with Gasteiger partial charge < -0.3 is 39.8 Å². The van der Waals surface area contributed by atoms with E-state index in [-0.39, 0.29) is 56.4 Å². The third kappa shape index (κ3) is 9.44. The van der Waals surface area contributed by atoms with Gasteiger partial charge >= 0.3 is 11.9 Å². The van der Waals surface area contributed by atoms with Crippen LogP contribution in [0.5, 0.6) is 5.75 Å². The number of carbonyl (C=O) groups excluding carboxylic acids is 3. The van der Waals surface area contributed by atoms with Crippen LogP contribution in [-0.4, -0.2) is 72.7 Å². The quantitative estimate of drug-likeness (QED) is 0.317. The van der Waals surface area contributed by atoms with E-state index in [0.717, 1.165) is 0 Å². The molecule has 0 aromatic heterocycles. The Balaban J connectivity index is 2.15. The molecule has 0 bridgehead atoms. The Hall–Kier alpha value is -3.22. The van der Waals surface area contributed by atoms with Gasteiger partial charge in [0.15, 0.2) is 6.10 Å². The number of benzene rings is 1. The van der Waals surface area contributed by atoms with Crippen LogP contribution in [0.1, 0.15) is 45.6 Å². The van der Waals surface area contributed by atoms with Crippen molar-refractivity contribution in [1.29, 1.82) is 0 Å². The molecule has 1 aliphatic heterocycles. The molecule has 1 aromatic carbocycles. The summed E-state index contributed by atoms with van der Waals surface area (Å²) in [6.45, 7) is 5.09. The molecule has 2 amide bonds. The van der Waals surface area contributed by atoms with Gasteiger partial charge in [0.1, 0.15) is 19.0 Å². The van der Waals surface area contributed by atoms with Crippen molar-refractivity contribution in [2.45, 2.75) is 65.1 Å². The maximum absolute atomic E-state index is 12.5. The fourth-order valence-corrected chi connectivity index (χ4v) is 3.18. The average molecular weight is 511 g/mol. The van der Waals surface area contributed by atoms with Gasteiger partial charge in [0.2, 0.25) is 18.1 Å². The van der Waals surface area contributed by atoms with E-state index in [2.05, 4.69) is 10.6 Å². The average Bonchev–Trinajstić information content (AvgIpc) is 2.78. The zero-order valence-electron chi connectivity index (χ0n) is 20.9. The van der Waals surface area contributed by atoms with E-state index in [1.54, 1.807) is 32.9 Å². The number of aliphatic hydroxyl groups is 1. The lowest BCUT2D eigenvalue weighted by atomic mass is 9.97. The topological polar surface area (TPSA) is 170 Å². The molecule has 0 saturated carbocycles. The van der Waals surface area contributed by atoms with E-state index in [1.807, 2.05) is 0 Å². The van der Waals surface area contributed by atoms with Crippen LogP contribution >= 0.6 is 0 Å². The Bertz CT molecular complexity index is 943. The number of carboxylic acid groups (broad SMARTS) is 1. The summed E-state index contributed by atoms with van der Waals surface area (Å²) in [4.78, 5) is 47.4. The molecule has 1 fully saturated rings. The molecule has 0 radical (unpaired) electrons. The first-order valence-corrected chi connectivity index (χ1v) is 11.5. The highest BCUT2D eigenvalue weighted by atomic mass is 16.7. The van der Waals surface area contributed by atoms with Crippen molar-refractivity contribution in [3.63, 3.8) is 0 Å². The molecule has 36 heavy (non-hydrogen) atoms. The molecule has 12 nitrogen and oxygen atoms in total. The molecule has 2 rings (SSSR count). The van der Waals surface area contributed by atoms with Crippen molar-refractivity contribution in [2.24, 2.45) is 5.41 Å². The third-order valence-corrected chi connectivity index (χ3v) is 5.05. The zero-order valence-corrected chi connectivity index (χ0v) is 20.9. The number of aliphatic carboxylic acids is 1. The van der Waals surface area contributed by atoms with E-state index in [9.17, 15) is 29.4 Å². The van der Waals surface area contributed by atoms with Crippen molar-refractivity contribution < 1.29 is 48.3 Å². The van der Waals surface area contributed by atoms with Gasteiger partial charge in [0.05, 0.1) is 17.2 Å². The summed E-state index contributed by atoms with van der Waals surface area (Å²) in [5.41, 5.74) is 0.104.